The van der Waals surface area contributed by atoms with E-state index in [2.05, 4.69) is 13.2 Å². The van der Waals surface area contributed by atoms with Crippen molar-refractivity contribution >= 4 is 12.0 Å². The maximum atomic E-state index is 11.2. The highest BCUT2D eigenvalue weighted by Crippen LogP contribution is 1.92. The fourth-order valence-electron chi connectivity index (χ4n) is 0.922. The molecule has 0 atom stereocenters. The zero-order valence-electron chi connectivity index (χ0n) is 7.11. The van der Waals surface area contributed by atoms with E-state index in [1.807, 2.05) is 12.1 Å². The van der Waals surface area contributed by atoms with E-state index in [1.54, 1.807) is 18.3 Å². The SMILES string of the molecule is C=CC(=O)[n+]1ccccc1C=C.[Cl-]. The van der Waals surface area contributed by atoms with Crippen LogP contribution in [0.2, 0.25) is 0 Å². The number of halogens is 1. The van der Waals surface area contributed by atoms with Crippen LogP contribution in [-0.4, -0.2) is 5.91 Å². The summed E-state index contributed by atoms with van der Waals surface area (Å²) in [5.74, 6) is -0.148. The molecule has 0 aliphatic rings. The summed E-state index contributed by atoms with van der Waals surface area (Å²) in [6.07, 6.45) is 4.58. The molecule has 68 valence electrons. The minimum Gasteiger partial charge on any atom is -1.00 e. The molecule has 0 N–H and O–H groups in total. The van der Waals surface area contributed by atoms with Crippen molar-refractivity contribution in [3.8, 4) is 0 Å². The summed E-state index contributed by atoms with van der Waals surface area (Å²) < 4.78 is 1.49. The van der Waals surface area contributed by atoms with Gasteiger partial charge in [0, 0.05) is 24.3 Å². The Hall–Kier alpha value is -1.41. The predicted molar refractivity (Wildman–Crippen MR) is 47.6 cm³/mol. The highest BCUT2D eigenvalue weighted by Gasteiger charge is 2.12. The lowest BCUT2D eigenvalue weighted by Crippen LogP contribution is -3.00. The summed E-state index contributed by atoms with van der Waals surface area (Å²) >= 11 is 0. The Labute approximate surface area is 83.6 Å². The molecule has 1 rings (SSSR count). The van der Waals surface area contributed by atoms with Crippen molar-refractivity contribution in [3.63, 3.8) is 0 Å². The van der Waals surface area contributed by atoms with Crippen LogP contribution >= 0.6 is 0 Å². The first-order valence-corrected chi connectivity index (χ1v) is 3.59. The third-order valence-corrected chi connectivity index (χ3v) is 1.51. The van der Waals surface area contributed by atoms with Crippen LogP contribution in [0.25, 0.3) is 6.08 Å². The van der Waals surface area contributed by atoms with E-state index in [-0.39, 0.29) is 18.3 Å². The smallest absolute Gasteiger partial charge is 0.417 e. The number of hydrogen-bond acceptors (Lipinski definition) is 1. The van der Waals surface area contributed by atoms with Gasteiger partial charge in [-0.2, -0.15) is 0 Å². The third kappa shape index (κ3) is 2.53. The van der Waals surface area contributed by atoms with Gasteiger partial charge in [0.1, 0.15) is 0 Å². The molecule has 1 aromatic rings. The van der Waals surface area contributed by atoms with Gasteiger partial charge in [-0.1, -0.05) is 13.2 Å². The minimum atomic E-state index is -0.148. The number of allylic oxidation sites excluding steroid dienone is 1. The Morgan fingerprint density at radius 3 is 2.62 bits per heavy atom. The molecule has 0 bridgehead atoms. The van der Waals surface area contributed by atoms with Gasteiger partial charge < -0.3 is 12.4 Å². The molecule has 0 fully saturated rings. The number of carbonyl (C=O) groups excluding carboxylic acids is 1. The minimum absolute atomic E-state index is 0. The Kier molecular flexibility index (Phi) is 4.70. The van der Waals surface area contributed by atoms with Crippen LogP contribution in [0.1, 0.15) is 10.5 Å². The van der Waals surface area contributed by atoms with Gasteiger partial charge in [0.25, 0.3) is 0 Å². The number of aromatic nitrogens is 1. The van der Waals surface area contributed by atoms with Crippen LogP contribution in [0, 0.1) is 0 Å². The topological polar surface area (TPSA) is 20.9 Å². The Bertz CT molecular complexity index is 333. The number of pyridine rings is 1. The van der Waals surface area contributed by atoms with Gasteiger partial charge in [-0.15, -0.1) is 4.57 Å². The fourth-order valence-corrected chi connectivity index (χ4v) is 0.922. The summed E-state index contributed by atoms with van der Waals surface area (Å²) in [6, 6.07) is 5.45. The molecular formula is C10H10ClNO. The van der Waals surface area contributed by atoms with Crippen molar-refractivity contribution in [2.24, 2.45) is 0 Å². The van der Waals surface area contributed by atoms with Gasteiger partial charge in [0.05, 0.1) is 0 Å². The van der Waals surface area contributed by atoms with E-state index in [0.29, 0.717) is 0 Å². The first-order valence-electron chi connectivity index (χ1n) is 3.59. The van der Waals surface area contributed by atoms with E-state index in [4.69, 9.17) is 0 Å². The average molecular weight is 196 g/mol. The Balaban J connectivity index is 0.00000144. The van der Waals surface area contributed by atoms with Gasteiger partial charge in [0.15, 0.2) is 6.20 Å². The second kappa shape index (κ2) is 5.27. The number of rotatable bonds is 2. The molecule has 1 heterocycles. The fraction of sp³-hybridized carbons (Fsp3) is 0. The number of nitrogens with zero attached hydrogens (tertiary/aromatic N) is 1. The molecule has 3 heteroatoms. The second-order valence-corrected chi connectivity index (χ2v) is 2.24. The summed E-state index contributed by atoms with van der Waals surface area (Å²) in [7, 11) is 0. The van der Waals surface area contributed by atoms with Crippen LogP contribution in [0.15, 0.2) is 43.6 Å². The van der Waals surface area contributed by atoms with Crippen LogP contribution in [0.3, 0.4) is 0 Å². The quantitative estimate of drug-likeness (QED) is 0.414. The van der Waals surface area contributed by atoms with E-state index in [9.17, 15) is 4.79 Å². The second-order valence-electron chi connectivity index (χ2n) is 2.24. The standard InChI is InChI=1S/C10H10NO.ClH/c1-3-9-7-5-6-8-11(9)10(12)4-2;/h3-8H,1-2H2;1H/q+1;/p-1. The molecule has 2 nitrogen and oxygen atoms in total. The summed E-state index contributed by atoms with van der Waals surface area (Å²) in [5.41, 5.74) is 0.766. The molecule has 0 amide bonds. The van der Waals surface area contributed by atoms with Crippen molar-refractivity contribution < 1.29 is 21.8 Å². The van der Waals surface area contributed by atoms with Gasteiger partial charge in [0.2, 0.25) is 5.69 Å². The monoisotopic (exact) mass is 195 g/mol. The van der Waals surface area contributed by atoms with Crippen molar-refractivity contribution in [1.82, 2.24) is 0 Å². The lowest BCUT2D eigenvalue weighted by atomic mass is 10.3. The first kappa shape index (κ1) is 11.6. The van der Waals surface area contributed by atoms with E-state index < -0.39 is 0 Å². The highest BCUT2D eigenvalue weighted by atomic mass is 35.5. The lowest BCUT2D eigenvalue weighted by molar-refractivity contribution is -0.572. The zero-order valence-corrected chi connectivity index (χ0v) is 7.87. The number of hydrogen-bond donors (Lipinski definition) is 0. The van der Waals surface area contributed by atoms with Crippen molar-refractivity contribution in [1.29, 1.82) is 0 Å². The van der Waals surface area contributed by atoms with Gasteiger partial charge in [-0.05, 0) is 6.07 Å². The zero-order chi connectivity index (χ0) is 8.97. The molecule has 0 aromatic carbocycles. The van der Waals surface area contributed by atoms with Crippen molar-refractivity contribution in [2.45, 2.75) is 0 Å². The molecule has 0 aliphatic carbocycles. The normalized spacial score (nSPS) is 8.31. The molecular weight excluding hydrogens is 186 g/mol. The summed E-state index contributed by atoms with van der Waals surface area (Å²) in [5, 5.41) is 0. The maximum Gasteiger partial charge on any atom is 0.417 e. The van der Waals surface area contributed by atoms with E-state index in [0.717, 1.165) is 5.69 Å². The molecule has 0 unspecified atom stereocenters. The largest absolute Gasteiger partial charge is 1.00 e. The van der Waals surface area contributed by atoms with Gasteiger partial charge in [-0.25, -0.2) is 4.79 Å². The van der Waals surface area contributed by atoms with Crippen LogP contribution in [-0.2, 0) is 0 Å². The van der Waals surface area contributed by atoms with Crippen LogP contribution in [0.5, 0.6) is 0 Å². The van der Waals surface area contributed by atoms with Gasteiger partial charge >= 0.3 is 5.91 Å². The summed E-state index contributed by atoms with van der Waals surface area (Å²) in [4.78, 5) is 11.2. The van der Waals surface area contributed by atoms with E-state index >= 15 is 0 Å². The molecule has 0 radical (unpaired) electrons. The third-order valence-electron chi connectivity index (χ3n) is 1.51. The molecule has 0 saturated heterocycles. The maximum absolute atomic E-state index is 11.2. The predicted octanol–water partition coefficient (Wildman–Crippen LogP) is -1.55. The average Bonchev–Trinajstić information content (AvgIpc) is 2.16. The van der Waals surface area contributed by atoms with Crippen LogP contribution in [0.4, 0.5) is 0 Å². The molecule has 13 heavy (non-hydrogen) atoms. The van der Waals surface area contributed by atoms with Crippen molar-refractivity contribution in [3.05, 3.63) is 49.3 Å². The summed E-state index contributed by atoms with van der Waals surface area (Å²) in [6.45, 7) is 7.01. The molecule has 1 aromatic heterocycles. The van der Waals surface area contributed by atoms with Crippen LogP contribution < -0.4 is 17.0 Å². The molecule has 0 saturated carbocycles. The highest BCUT2D eigenvalue weighted by molar-refractivity contribution is 5.79. The first-order chi connectivity index (χ1) is 5.79. The molecule has 0 aliphatic heterocycles. The van der Waals surface area contributed by atoms with Gasteiger partial charge in [-0.3, -0.25) is 0 Å². The Morgan fingerprint density at radius 2 is 2.08 bits per heavy atom. The van der Waals surface area contributed by atoms with E-state index in [1.165, 1.54) is 10.6 Å². The Morgan fingerprint density at radius 1 is 1.38 bits per heavy atom. The van der Waals surface area contributed by atoms with Crippen molar-refractivity contribution in [2.75, 3.05) is 0 Å². The number of carbonyl (C=O) groups is 1. The molecule has 0 spiro atoms. The lowest BCUT2D eigenvalue weighted by Gasteiger charge is -1.92.